The molecule has 4 nitrogen and oxygen atoms in total. The van der Waals surface area contributed by atoms with E-state index in [0.29, 0.717) is 18.4 Å². The highest BCUT2D eigenvalue weighted by Gasteiger charge is 2.56. The molecule has 5 atom stereocenters. The lowest BCUT2D eigenvalue weighted by atomic mass is 9.94. The Morgan fingerprint density at radius 3 is 2.47 bits per heavy atom. The first-order valence-corrected chi connectivity index (χ1v) is 7.70. The molecule has 3 saturated carbocycles. The summed E-state index contributed by atoms with van der Waals surface area (Å²) in [6.45, 7) is 0.703. The molecule has 0 aromatic carbocycles. The smallest absolute Gasteiger partial charge is 0.326 e. The van der Waals surface area contributed by atoms with Crippen molar-refractivity contribution in [2.75, 3.05) is 6.54 Å². The zero-order chi connectivity index (χ0) is 13.1. The molecule has 1 amide bonds. The third-order valence-corrected chi connectivity index (χ3v) is 5.81. The highest BCUT2D eigenvalue weighted by Crippen LogP contribution is 2.56. The molecule has 1 N–H and O–H groups in total. The first-order chi connectivity index (χ1) is 9.16. The molecule has 5 unspecified atom stereocenters. The number of carbonyl (C=O) groups excluding carboxylic acids is 1. The second-order valence-electron chi connectivity index (χ2n) is 6.97. The lowest BCUT2D eigenvalue weighted by Crippen LogP contribution is -2.44. The molecule has 0 bridgehead atoms. The predicted octanol–water partition coefficient (Wildman–Crippen LogP) is 1.74. The average Bonchev–Trinajstić information content (AvgIpc) is 3.22. The van der Waals surface area contributed by atoms with E-state index in [-0.39, 0.29) is 17.7 Å². The maximum atomic E-state index is 12.6. The van der Waals surface area contributed by atoms with Gasteiger partial charge in [-0.1, -0.05) is 6.42 Å². The highest BCUT2D eigenvalue weighted by molar-refractivity contribution is 5.87. The van der Waals surface area contributed by atoms with Gasteiger partial charge in [0.25, 0.3) is 0 Å². The first kappa shape index (κ1) is 11.7. The van der Waals surface area contributed by atoms with Crippen LogP contribution in [-0.2, 0) is 9.59 Å². The second kappa shape index (κ2) is 3.97. The standard InChI is InChI=1S/C15H21NO3/c17-14(12-6-11(12)8-4-5-8)16-7-9-2-1-3-10(9)13(16)15(18)19/h8-13H,1-7H2,(H,18,19). The van der Waals surface area contributed by atoms with Crippen molar-refractivity contribution in [1.82, 2.24) is 4.90 Å². The van der Waals surface area contributed by atoms with Crippen LogP contribution in [0.25, 0.3) is 0 Å². The van der Waals surface area contributed by atoms with Gasteiger partial charge in [-0.05, 0) is 55.8 Å². The van der Waals surface area contributed by atoms with Crippen LogP contribution in [-0.4, -0.2) is 34.5 Å². The van der Waals surface area contributed by atoms with Crippen molar-refractivity contribution >= 4 is 11.9 Å². The molecule has 4 rings (SSSR count). The minimum Gasteiger partial charge on any atom is -0.480 e. The number of hydrogen-bond acceptors (Lipinski definition) is 2. The molecule has 0 aromatic heterocycles. The normalized spacial score (nSPS) is 44.2. The van der Waals surface area contributed by atoms with E-state index < -0.39 is 12.0 Å². The molecule has 1 aliphatic heterocycles. The van der Waals surface area contributed by atoms with Gasteiger partial charge in [0, 0.05) is 12.5 Å². The van der Waals surface area contributed by atoms with Crippen LogP contribution >= 0.6 is 0 Å². The van der Waals surface area contributed by atoms with Gasteiger partial charge in [0.1, 0.15) is 6.04 Å². The Morgan fingerprint density at radius 1 is 1.00 bits per heavy atom. The Morgan fingerprint density at radius 2 is 1.79 bits per heavy atom. The summed E-state index contributed by atoms with van der Waals surface area (Å²) in [6, 6.07) is -0.527. The number of nitrogens with zero attached hydrogens (tertiary/aromatic N) is 1. The zero-order valence-electron chi connectivity index (χ0n) is 11.1. The summed E-state index contributed by atoms with van der Waals surface area (Å²) < 4.78 is 0. The maximum absolute atomic E-state index is 12.6. The van der Waals surface area contributed by atoms with Gasteiger partial charge in [-0.2, -0.15) is 0 Å². The summed E-state index contributed by atoms with van der Waals surface area (Å²) in [5.41, 5.74) is 0. The number of amides is 1. The highest BCUT2D eigenvalue weighted by atomic mass is 16.4. The summed E-state index contributed by atoms with van der Waals surface area (Å²) in [4.78, 5) is 25.8. The van der Waals surface area contributed by atoms with Gasteiger partial charge in [0.05, 0.1) is 0 Å². The Kier molecular flexibility index (Phi) is 2.45. The van der Waals surface area contributed by atoms with Gasteiger partial charge in [-0.25, -0.2) is 4.79 Å². The third-order valence-electron chi connectivity index (χ3n) is 5.81. The molecule has 4 fully saturated rings. The van der Waals surface area contributed by atoms with Crippen molar-refractivity contribution in [3.8, 4) is 0 Å². The number of rotatable bonds is 3. The monoisotopic (exact) mass is 263 g/mol. The van der Waals surface area contributed by atoms with Gasteiger partial charge >= 0.3 is 5.97 Å². The Labute approximate surface area is 113 Å². The van der Waals surface area contributed by atoms with Crippen molar-refractivity contribution in [3.05, 3.63) is 0 Å². The van der Waals surface area contributed by atoms with Crippen LogP contribution in [0.2, 0.25) is 0 Å². The molecule has 3 aliphatic carbocycles. The molecule has 1 heterocycles. The van der Waals surface area contributed by atoms with Crippen molar-refractivity contribution in [1.29, 1.82) is 0 Å². The van der Waals surface area contributed by atoms with E-state index >= 15 is 0 Å². The van der Waals surface area contributed by atoms with Crippen molar-refractivity contribution in [2.24, 2.45) is 29.6 Å². The van der Waals surface area contributed by atoms with E-state index in [4.69, 9.17) is 0 Å². The minimum atomic E-state index is -0.786. The van der Waals surface area contributed by atoms with Crippen LogP contribution < -0.4 is 0 Å². The van der Waals surface area contributed by atoms with E-state index in [9.17, 15) is 14.7 Å². The van der Waals surface area contributed by atoms with E-state index in [2.05, 4.69) is 0 Å². The van der Waals surface area contributed by atoms with Crippen LogP contribution in [0.15, 0.2) is 0 Å². The molecule has 1 saturated heterocycles. The molecule has 4 aliphatic rings. The quantitative estimate of drug-likeness (QED) is 0.844. The maximum Gasteiger partial charge on any atom is 0.326 e. The molecule has 19 heavy (non-hydrogen) atoms. The Bertz CT molecular complexity index is 431. The molecular formula is C15H21NO3. The molecule has 0 aromatic rings. The van der Waals surface area contributed by atoms with Crippen LogP contribution in [0.3, 0.4) is 0 Å². The number of carboxylic acid groups (broad SMARTS) is 1. The van der Waals surface area contributed by atoms with E-state index in [1.54, 1.807) is 4.90 Å². The number of fused-ring (bicyclic) bond motifs is 1. The number of hydrogen-bond donors (Lipinski definition) is 1. The molecular weight excluding hydrogens is 242 g/mol. The molecule has 0 spiro atoms. The third kappa shape index (κ3) is 1.79. The summed E-state index contributed by atoms with van der Waals surface area (Å²) in [6.07, 6.45) is 6.80. The lowest BCUT2D eigenvalue weighted by molar-refractivity contribution is -0.150. The van der Waals surface area contributed by atoms with Gasteiger partial charge in [-0.15, -0.1) is 0 Å². The number of likely N-dealkylation sites (tertiary alicyclic amines) is 1. The topological polar surface area (TPSA) is 57.6 Å². The number of carbonyl (C=O) groups is 2. The van der Waals surface area contributed by atoms with E-state index in [1.807, 2.05) is 0 Å². The summed E-state index contributed by atoms with van der Waals surface area (Å²) in [7, 11) is 0. The molecule has 4 heteroatoms. The Hall–Kier alpha value is -1.06. The summed E-state index contributed by atoms with van der Waals surface area (Å²) in [5.74, 6) is 1.56. The number of carboxylic acids is 1. The van der Waals surface area contributed by atoms with Crippen LogP contribution in [0, 0.1) is 29.6 Å². The second-order valence-corrected chi connectivity index (χ2v) is 6.97. The van der Waals surface area contributed by atoms with Gasteiger partial charge in [0.15, 0.2) is 0 Å². The summed E-state index contributed by atoms with van der Waals surface area (Å²) in [5, 5.41) is 9.48. The minimum absolute atomic E-state index is 0.152. The van der Waals surface area contributed by atoms with E-state index in [0.717, 1.165) is 31.6 Å². The van der Waals surface area contributed by atoms with Crippen molar-refractivity contribution in [2.45, 2.75) is 44.6 Å². The van der Waals surface area contributed by atoms with Crippen molar-refractivity contribution in [3.63, 3.8) is 0 Å². The molecule has 0 radical (unpaired) electrons. The number of aliphatic carboxylic acids is 1. The fourth-order valence-electron chi connectivity index (χ4n) is 4.61. The van der Waals surface area contributed by atoms with Gasteiger partial charge < -0.3 is 10.0 Å². The van der Waals surface area contributed by atoms with Crippen LogP contribution in [0.5, 0.6) is 0 Å². The van der Waals surface area contributed by atoms with Crippen LogP contribution in [0.4, 0.5) is 0 Å². The van der Waals surface area contributed by atoms with Crippen molar-refractivity contribution < 1.29 is 14.7 Å². The zero-order valence-corrected chi connectivity index (χ0v) is 11.1. The van der Waals surface area contributed by atoms with Crippen LogP contribution in [0.1, 0.15) is 38.5 Å². The predicted molar refractivity (Wildman–Crippen MR) is 68.3 cm³/mol. The fraction of sp³-hybridized carbons (Fsp3) is 0.867. The Balaban J connectivity index is 1.50. The fourth-order valence-corrected chi connectivity index (χ4v) is 4.61. The first-order valence-electron chi connectivity index (χ1n) is 7.70. The molecule has 104 valence electrons. The van der Waals surface area contributed by atoms with Gasteiger partial charge in [-0.3, -0.25) is 4.79 Å². The van der Waals surface area contributed by atoms with E-state index in [1.165, 1.54) is 12.8 Å². The largest absolute Gasteiger partial charge is 0.480 e. The van der Waals surface area contributed by atoms with Gasteiger partial charge in [0.2, 0.25) is 5.91 Å². The average molecular weight is 263 g/mol. The summed E-state index contributed by atoms with van der Waals surface area (Å²) >= 11 is 0. The SMILES string of the molecule is O=C(O)C1C2CCCC2CN1C(=O)C1CC1C1CC1. The lowest BCUT2D eigenvalue weighted by Gasteiger charge is -2.24.